The van der Waals surface area contributed by atoms with Gasteiger partial charge >= 0.3 is 0 Å². The molecule has 0 radical (unpaired) electrons. The first kappa shape index (κ1) is 20.7. The van der Waals surface area contributed by atoms with Crippen LogP contribution in [0.1, 0.15) is 16.8 Å². The van der Waals surface area contributed by atoms with Gasteiger partial charge in [-0.1, -0.05) is 18.2 Å². The molecule has 3 rings (SSSR count). The van der Waals surface area contributed by atoms with E-state index in [0.29, 0.717) is 30.3 Å². The van der Waals surface area contributed by atoms with Crippen LogP contribution in [0.25, 0.3) is 0 Å². The number of carbonyl (C=O) groups excluding carboxylic acids is 1. The Kier molecular flexibility index (Phi) is 7.15. The highest BCUT2D eigenvalue weighted by molar-refractivity contribution is 5.96. The maximum Gasteiger partial charge on any atom is 0.293 e. The normalized spacial score (nSPS) is 15.9. The van der Waals surface area contributed by atoms with Gasteiger partial charge in [0.1, 0.15) is 5.69 Å². The molecule has 2 N–H and O–H groups in total. The molecule has 7 nitrogen and oxygen atoms in total. The second-order valence-corrected chi connectivity index (χ2v) is 6.44. The van der Waals surface area contributed by atoms with Crippen LogP contribution in [0.5, 0.6) is 0 Å². The second-order valence-electron chi connectivity index (χ2n) is 6.44. The molecule has 0 aromatic heterocycles. The summed E-state index contributed by atoms with van der Waals surface area (Å²) in [4.78, 5) is 25.5. The van der Waals surface area contributed by atoms with E-state index in [-0.39, 0.29) is 24.0 Å². The standard InChI is InChI=1S/C19H22N4O3.ClH/c1-20-12-14-9-10-22(13-14)19(24)15-7-8-17(18(11-15)23(25)26)21-16-5-3-2-4-6-16;/h2-8,11,14,20-21H,9-10,12-13H2,1H3;1H. The zero-order valence-corrected chi connectivity index (χ0v) is 15.9. The fourth-order valence-corrected chi connectivity index (χ4v) is 3.25. The Hall–Kier alpha value is -2.64. The summed E-state index contributed by atoms with van der Waals surface area (Å²) in [5.41, 5.74) is 1.36. The van der Waals surface area contributed by atoms with Crippen LogP contribution >= 0.6 is 12.4 Å². The molecule has 2 aromatic carbocycles. The maximum atomic E-state index is 12.7. The summed E-state index contributed by atoms with van der Waals surface area (Å²) < 4.78 is 0. The van der Waals surface area contributed by atoms with Gasteiger partial charge in [-0.3, -0.25) is 14.9 Å². The number of nitrogens with one attached hydrogen (secondary N) is 2. The summed E-state index contributed by atoms with van der Waals surface area (Å²) in [6.07, 6.45) is 0.947. The van der Waals surface area contributed by atoms with Crippen LogP contribution in [0, 0.1) is 16.0 Å². The summed E-state index contributed by atoms with van der Waals surface area (Å²) >= 11 is 0. The van der Waals surface area contributed by atoms with Crippen molar-refractivity contribution < 1.29 is 9.72 Å². The number of nitrogens with zero attached hydrogens (tertiary/aromatic N) is 2. The van der Waals surface area contributed by atoms with Gasteiger partial charge < -0.3 is 15.5 Å². The van der Waals surface area contributed by atoms with E-state index in [1.54, 1.807) is 17.0 Å². The van der Waals surface area contributed by atoms with Crippen molar-refractivity contribution in [2.24, 2.45) is 5.92 Å². The maximum absolute atomic E-state index is 12.7. The lowest BCUT2D eigenvalue weighted by Gasteiger charge is -2.17. The number of halogens is 1. The summed E-state index contributed by atoms with van der Waals surface area (Å²) in [7, 11) is 1.90. The SMILES string of the molecule is CNCC1CCN(C(=O)c2ccc(Nc3ccccc3)c([N+](=O)[O-])c2)C1.Cl. The first-order valence-corrected chi connectivity index (χ1v) is 8.63. The number of likely N-dealkylation sites (tertiary alicyclic amines) is 1. The minimum absolute atomic E-state index is 0. The molecule has 27 heavy (non-hydrogen) atoms. The minimum Gasteiger partial charge on any atom is -0.350 e. The predicted octanol–water partition coefficient (Wildman–Crippen LogP) is 3.44. The van der Waals surface area contributed by atoms with Gasteiger partial charge in [0.15, 0.2) is 0 Å². The Bertz CT molecular complexity index is 801. The molecule has 0 aliphatic carbocycles. The van der Waals surface area contributed by atoms with E-state index in [4.69, 9.17) is 0 Å². The van der Waals surface area contributed by atoms with Crippen molar-refractivity contribution in [2.75, 3.05) is 32.0 Å². The van der Waals surface area contributed by atoms with Crippen molar-refractivity contribution in [3.8, 4) is 0 Å². The van der Waals surface area contributed by atoms with Gasteiger partial charge in [-0.15, -0.1) is 12.4 Å². The Morgan fingerprint density at radius 1 is 1.26 bits per heavy atom. The molecule has 0 spiro atoms. The molecule has 1 heterocycles. The molecule has 1 fully saturated rings. The molecule has 144 valence electrons. The smallest absolute Gasteiger partial charge is 0.293 e. The van der Waals surface area contributed by atoms with E-state index in [1.165, 1.54) is 6.07 Å². The van der Waals surface area contributed by atoms with E-state index in [9.17, 15) is 14.9 Å². The minimum atomic E-state index is -0.462. The van der Waals surface area contributed by atoms with Crippen LogP contribution in [0.2, 0.25) is 0 Å². The van der Waals surface area contributed by atoms with Crippen molar-refractivity contribution in [1.82, 2.24) is 10.2 Å². The van der Waals surface area contributed by atoms with E-state index < -0.39 is 4.92 Å². The third-order valence-electron chi connectivity index (χ3n) is 4.56. The Morgan fingerprint density at radius 3 is 2.67 bits per heavy atom. The third kappa shape index (κ3) is 4.96. The largest absolute Gasteiger partial charge is 0.350 e. The lowest BCUT2D eigenvalue weighted by molar-refractivity contribution is -0.383. The summed E-state index contributed by atoms with van der Waals surface area (Å²) in [6, 6.07) is 13.8. The van der Waals surface area contributed by atoms with Crippen LogP contribution in [0.3, 0.4) is 0 Å². The summed E-state index contributed by atoms with van der Waals surface area (Å²) in [5, 5.41) is 17.6. The number of hydrogen-bond donors (Lipinski definition) is 2. The Labute approximate surface area is 164 Å². The fourth-order valence-electron chi connectivity index (χ4n) is 3.25. The number of anilines is 2. The molecular weight excluding hydrogens is 368 g/mol. The number of amides is 1. The monoisotopic (exact) mass is 390 g/mol. The fraction of sp³-hybridized carbons (Fsp3) is 0.316. The summed E-state index contributed by atoms with van der Waals surface area (Å²) in [6.45, 7) is 2.23. The highest BCUT2D eigenvalue weighted by atomic mass is 35.5. The average molecular weight is 391 g/mol. The average Bonchev–Trinajstić information content (AvgIpc) is 3.11. The van der Waals surface area contributed by atoms with Gasteiger partial charge in [0.25, 0.3) is 11.6 Å². The van der Waals surface area contributed by atoms with Crippen LogP contribution in [-0.2, 0) is 0 Å². The molecular formula is C19H23ClN4O3. The molecule has 0 saturated carbocycles. The number of nitro benzene ring substituents is 1. The lowest BCUT2D eigenvalue weighted by Crippen LogP contribution is -2.30. The van der Waals surface area contributed by atoms with Crippen molar-refractivity contribution in [1.29, 1.82) is 0 Å². The van der Waals surface area contributed by atoms with Crippen molar-refractivity contribution >= 4 is 35.4 Å². The van der Waals surface area contributed by atoms with Gasteiger partial charge in [0.05, 0.1) is 4.92 Å². The van der Waals surface area contributed by atoms with Crippen molar-refractivity contribution in [2.45, 2.75) is 6.42 Å². The van der Waals surface area contributed by atoms with Gasteiger partial charge in [-0.05, 0) is 50.2 Å². The zero-order chi connectivity index (χ0) is 18.5. The molecule has 1 amide bonds. The zero-order valence-electron chi connectivity index (χ0n) is 15.1. The number of hydrogen-bond acceptors (Lipinski definition) is 5. The lowest BCUT2D eigenvalue weighted by atomic mass is 10.1. The van der Waals surface area contributed by atoms with Gasteiger partial charge in [-0.2, -0.15) is 0 Å². The quantitative estimate of drug-likeness (QED) is 0.582. The van der Waals surface area contributed by atoms with Crippen molar-refractivity contribution in [3.05, 3.63) is 64.2 Å². The molecule has 8 heteroatoms. The van der Waals surface area contributed by atoms with E-state index >= 15 is 0 Å². The topological polar surface area (TPSA) is 87.5 Å². The first-order valence-electron chi connectivity index (χ1n) is 8.63. The van der Waals surface area contributed by atoms with Gasteiger partial charge in [0, 0.05) is 30.4 Å². The molecule has 1 unspecified atom stereocenters. The Morgan fingerprint density at radius 2 is 2.00 bits per heavy atom. The molecule has 1 aliphatic heterocycles. The molecule has 1 saturated heterocycles. The van der Waals surface area contributed by atoms with Crippen LogP contribution in [-0.4, -0.2) is 42.4 Å². The number of benzene rings is 2. The second kappa shape index (κ2) is 9.34. The molecule has 1 aliphatic rings. The van der Waals surface area contributed by atoms with Gasteiger partial charge in [-0.25, -0.2) is 0 Å². The molecule has 0 bridgehead atoms. The van der Waals surface area contributed by atoms with Gasteiger partial charge in [0.2, 0.25) is 0 Å². The molecule has 2 aromatic rings. The van der Waals surface area contributed by atoms with E-state index in [1.807, 2.05) is 37.4 Å². The highest BCUT2D eigenvalue weighted by Gasteiger charge is 2.28. The highest BCUT2D eigenvalue weighted by Crippen LogP contribution is 2.29. The number of carbonyl (C=O) groups is 1. The van der Waals surface area contributed by atoms with Crippen molar-refractivity contribution in [3.63, 3.8) is 0 Å². The van der Waals surface area contributed by atoms with E-state index in [0.717, 1.165) is 18.7 Å². The summed E-state index contributed by atoms with van der Waals surface area (Å²) in [5.74, 6) is 0.274. The first-order chi connectivity index (χ1) is 12.6. The third-order valence-corrected chi connectivity index (χ3v) is 4.56. The number of para-hydroxylation sites is 1. The number of rotatable bonds is 6. The molecule has 1 atom stereocenters. The Balaban J connectivity index is 0.00000261. The van der Waals surface area contributed by atoms with Crippen LogP contribution < -0.4 is 10.6 Å². The van der Waals surface area contributed by atoms with Crippen LogP contribution in [0.4, 0.5) is 17.1 Å². The number of nitro groups is 1. The van der Waals surface area contributed by atoms with Crippen LogP contribution in [0.15, 0.2) is 48.5 Å². The predicted molar refractivity (Wildman–Crippen MR) is 108 cm³/mol. The van der Waals surface area contributed by atoms with E-state index in [2.05, 4.69) is 10.6 Å².